The van der Waals surface area contributed by atoms with Gasteiger partial charge in [0.25, 0.3) is 0 Å². The van der Waals surface area contributed by atoms with Gasteiger partial charge in [0, 0.05) is 12.8 Å². The molecule has 4 N–H and O–H groups in total. The van der Waals surface area contributed by atoms with Crippen molar-refractivity contribution in [1.82, 2.24) is 0 Å². The van der Waals surface area contributed by atoms with Gasteiger partial charge < -0.3 is 25.2 Å². The molecule has 1 rings (SSSR count). The third kappa shape index (κ3) is 10.6. The van der Waals surface area contributed by atoms with E-state index >= 15 is 0 Å². The van der Waals surface area contributed by atoms with E-state index in [2.05, 4.69) is 19.1 Å². The first-order chi connectivity index (χ1) is 13.4. The monoisotopic (exact) mass is 394 g/mol. The van der Waals surface area contributed by atoms with Crippen molar-refractivity contribution in [3.8, 4) is 0 Å². The van der Waals surface area contributed by atoms with Crippen molar-refractivity contribution >= 4 is 5.97 Å². The molecule has 1 heterocycles. The minimum Gasteiger partial charge on any atom is -0.481 e. The van der Waals surface area contributed by atoms with E-state index in [1.54, 1.807) is 24.3 Å². The largest absolute Gasteiger partial charge is 0.481 e. The van der Waals surface area contributed by atoms with Crippen molar-refractivity contribution in [3.63, 3.8) is 0 Å². The van der Waals surface area contributed by atoms with Crippen LogP contribution in [0, 0.1) is 0 Å². The molecule has 6 nitrogen and oxygen atoms in total. The molecule has 0 amide bonds. The minimum atomic E-state index is -0.854. The van der Waals surface area contributed by atoms with Crippen LogP contribution in [0.1, 0.15) is 51.9 Å². The summed E-state index contributed by atoms with van der Waals surface area (Å²) in [4.78, 5) is 10.4. The van der Waals surface area contributed by atoms with Gasteiger partial charge in [-0.1, -0.05) is 55.5 Å². The number of ether oxygens (including phenoxy) is 1. The van der Waals surface area contributed by atoms with Gasteiger partial charge in [0.2, 0.25) is 0 Å². The van der Waals surface area contributed by atoms with Crippen LogP contribution in [-0.4, -0.2) is 56.9 Å². The topological polar surface area (TPSA) is 107 Å². The number of carboxylic acid groups (broad SMARTS) is 1. The van der Waals surface area contributed by atoms with Gasteiger partial charge in [-0.05, 0) is 32.1 Å². The first-order valence-electron chi connectivity index (χ1n) is 9.98. The summed E-state index contributed by atoms with van der Waals surface area (Å²) in [6, 6.07) is 0. The van der Waals surface area contributed by atoms with Gasteiger partial charge in [-0.15, -0.1) is 0 Å². The van der Waals surface area contributed by atoms with Crippen molar-refractivity contribution < 1.29 is 30.0 Å². The fourth-order valence-corrected chi connectivity index (χ4v) is 2.84. The molecule has 28 heavy (non-hydrogen) atoms. The molecule has 0 saturated carbocycles. The summed E-state index contributed by atoms with van der Waals surface area (Å²) < 4.78 is 5.70. The van der Waals surface area contributed by atoms with Crippen LogP contribution in [0.15, 0.2) is 48.6 Å². The second-order valence-electron chi connectivity index (χ2n) is 6.92. The zero-order valence-corrected chi connectivity index (χ0v) is 16.6. The van der Waals surface area contributed by atoms with Gasteiger partial charge in [0.1, 0.15) is 6.10 Å². The third-order valence-corrected chi connectivity index (χ3v) is 4.42. The molecule has 6 heteroatoms. The second-order valence-corrected chi connectivity index (χ2v) is 6.92. The van der Waals surface area contributed by atoms with Gasteiger partial charge >= 0.3 is 5.97 Å². The summed E-state index contributed by atoms with van der Waals surface area (Å²) in [5.74, 6) is -0.854. The summed E-state index contributed by atoms with van der Waals surface area (Å²) in [7, 11) is 0. The van der Waals surface area contributed by atoms with Crippen molar-refractivity contribution in [2.24, 2.45) is 0 Å². The molecular weight excluding hydrogens is 360 g/mol. The predicted molar refractivity (Wildman–Crippen MR) is 109 cm³/mol. The standard InChI is InChI=1S/C22H34O6/c1-2-3-4-5-6-8-11-17(23)14-15-20-19(25)16-21(28-20)18(24)12-9-7-10-13-22(26)27/h3-4,6-9,14-15,17-21,23-25H,2,5,10-13,16H2,1H3,(H,26,27)/b4-3-,8-6-,9-7-,15-14+/t17-,18+,19-,20-,21-/m1/s1. The summed E-state index contributed by atoms with van der Waals surface area (Å²) in [6.45, 7) is 2.08. The van der Waals surface area contributed by atoms with Gasteiger partial charge in [-0.2, -0.15) is 0 Å². The highest BCUT2D eigenvalue weighted by Gasteiger charge is 2.35. The molecular formula is C22H34O6. The van der Waals surface area contributed by atoms with E-state index in [9.17, 15) is 20.1 Å². The minimum absolute atomic E-state index is 0.0606. The summed E-state index contributed by atoms with van der Waals surface area (Å²) >= 11 is 0. The number of aliphatic hydroxyl groups excluding tert-OH is 3. The van der Waals surface area contributed by atoms with E-state index in [0.29, 0.717) is 25.7 Å². The highest BCUT2D eigenvalue weighted by molar-refractivity contribution is 5.66. The van der Waals surface area contributed by atoms with E-state index in [4.69, 9.17) is 9.84 Å². The lowest BCUT2D eigenvalue weighted by molar-refractivity contribution is -0.136. The molecule has 0 aromatic rings. The smallest absolute Gasteiger partial charge is 0.303 e. The normalized spacial score (nSPS) is 25.5. The Kier molecular flexibility index (Phi) is 12.4. The van der Waals surface area contributed by atoms with Gasteiger partial charge in [0.05, 0.1) is 24.4 Å². The molecule has 0 radical (unpaired) electrons. The van der Waals surface area contributed by atoms with Gasteiger partial charge in [-0.25, -0.2) is 0 Å². The Morgan fingerprint density at radius 2 is 1.82 bits per heavy atom. The lowest BCUT2D eigenvalue weighted by atomic mass is 10.0. The molecule has 158 valence electrons. The number of carbonyl (C=O) groups is 1. The zero-order valence-electron chi connectivity index (χ0n) is 16.6. The maximum absolute atomic E-state index is 10.4. The molecule has 1 fully saturated rings. The molecule has 1 aliphatic heterocycles. The Labute approximate surface area is 167 Å². The van der Waals surface area contributed by atoms with Crippen LogP contribution >= 0.6 is 0 Å². The SMILES string of the molecule is CC/C=C\C/C=C\C[C@@H](O)/C=C/[C@H]1O[C@@H]([C@@H](O)C/C=C\CCC(=O)O)C[C@H]1O. The lowest BCUT2D eigenvalue weighted by Gasteiger charge is -2.16. The number of rotatable bonds is 13. The van der Waals surface area contributed by atoms with Crippen LogP contribution in [0.3, 0.4) is 0 Å². The Morgan fingerprint density at radius 1 is 1.11 bits per heavy atom. The molecule has 0 aliphatic carbocycles. The van der Waals surface area contributed by atoms with Crippen LogP contribution in [0.4, 0.5) is 0 Å². The number of carboxylic acids is 1. The number of hydrogen-bond acceptors (Lipinski definition) is 5. The Bertz CT molecular complexity index is 551. The average Bonchev–Trinajstić information content (AvgIpc) is 3.03. The molecule has 1 aliphatic rings. The maximum Gasteiger partial charge on any atom is 0.303 e. The second kappa shape index (κ2) is 14.3. The Balaban J connectivity index is 2.34. The van der Waals surface area contributed by atoms with E-state index in [0.717, 1.165) is 12.8 Å². The van der Waals surface area contributed by atoms with Gasteiger partial charge in [-0.3, -0.25) is 4.79 Å². The zero-order chi connectivity index (χ0) is 20.8. The fraction of sp³-hybridized carbons (Fsp3) is 0.591. The number of hydrogen-bond donors (Lipinski definition) is 4. The Hall–Kier alpha value is -1.73. The predicted octanol–water partition coefficient (Wildman–Crippen LogP) is 2.90. The molecule has 0 aromatic carbocycles. The molecule has 5 atom stereocenters. The van der Waals surface area contributed by atoms with E-state index in [-0.39, 0.29) is 6.42 Å². The van der Waals surface area contributed by atoms with Crippen LogP contribution in [0.25, 0.3) is 0 Å². The summed E-state index contributed by atoms with van der Waals surface area (Å²) in [5, 5.41) is 38.9. The van der Waals surface area contributed by atoms with Crippen LogP contribution in [0.5, 0.6) is 0 Å². The Morgan fingerprint density at radius 3 is 2.54 bits per heavy atom. The number of aliphatic carboxylic acids is 1. The molecule has 0 unspecified atom stereocenters. The molecule has 0 bridgehead atoms. The van der Waals surface area contributed by atoms with E-state index in [1.807, 2.05) is 12.2 Å². The van der Waals surface area contributed by atoms with Gasteiger partial charge in [0.15, 0.2) is 0 Å². The van der Waals surface area contributed by atoms with Crippen molar-refractivity contribution in [2.45, 2.75) is 82.4 Å². The first-order valence-corrected chi connectivity index (χ1v) is 9.98. The number of aliphatic hydroxyl groups is 3. The van der Waals surface area contributed by atoms with Crippen LogP contribution in [0.2, 0.25) is 0 Å². The van der Waals surface area contributed by atoms with Crippen molar-refractivity contribution in [1.29, 1.82) is 0 Å². The molecule has 1 saturated heterocycles. The molecule has 0 spiro atoms. The van der Waals surface area contributed by atoms with Crippen molar-refractivity contribution in [2.75, 3.05) is 0 Å². The number of allylic oxidation sites excluding steroid dienone is 4. The average molecular weight is 395 g/mol. The highest BCUT2D eigenvalue weighted by Crippen LogP contribution is 2.25. The van der Waals surface area contributed by atoms with Crippen LogP contribution in [-0.2, 0) is 9.53 Å². The first kappa shape index (κ1) is 24.3. The van der Waals surface area contributed by atoms with Crippen LogP contribution < -0.4 is 0 Å². The summed E-state index contributed by atoms with van der Waals surface area (Å²) in [6.07, 6.45) is 15.1. The lowest BCUT2D eigenvalue weighted by Crippen LogP contribution is -2.25. The van der Waals surface area contributed by atoms with Crippen molar-refractivity contribution in [3.05, 3.63) is 48.6 Å². The quantitative estimate of drug-likeness (QED) is 0.358. The highest BCUT2D eigenvalue weighted by atomic mass is 16.5. The summed E-state index contributed by atoms with van der Waals surface area (Å²) in [5.41, 5.74) is 0. The fourth-order valence-electron chi connectivity index (χ4n) is 2.84. The maximum atomic E-state index is 10.4. The van der Waals surface area contributed by atoms with E-state index in [1.165, 1.54) is 0 Å². The van der Waals surface area contributed by atoms with E-state index < -0.39 is 36.5 Å². The molecule has 0 aromatic heterocycles. The third-order valence-electron chi connectivity index (χ3n) is 4.42.